The number of rotatable bonds is 5. The standard InChI is InChI=1S/C13H15N5O2/c19-11-6-15-10(5-16-11)12(20)17-7-13(1-2-13)8-18-4-3-14-9-18/h3-6,9H,1-2,7-8H2,(H,16,19)(H,17,20). The van der Waals surface area contributed by atoms with Gasteiger partial charge in [0.25, 0.3) is 11.5 Å². The Morgan fingerprint density at radius 3 is 2.95 bits per heavy atom. The van der Waals surface area contributed by atoms with Gasteiger partial charge in [0.1, 0.15) is 5.69 Å². The summed E-state index contributed by atoms with van der Waals surface area (Å²) in [6.07, 6.45) is 10.1. The molecule has 20 heavy (non-hydrogen) atoms. The van der Waals surface area contributed by atoms with Crippen molar-refractivity contribution < 1.29 is 4.79 Å². The predicted octanol–water partition coefficient (Wildman–Crippen LogP) is 0.177. The molecule has 104 valence electrons. The molecule has 0 atom stereocenters. The predicted molar refractivity (Wildman–Crippen MR) is 71.1 cm³/mol. The van der Waals surface area contributed by atoms with Crippen molar-refractivity contribution in [2.24, 2.45) is 5.41 Å². The lowest BCUT2D eigenvalue weighted by Gasteiger charge is -2.16. The molecule has 1 amide bonds. The highest BCUT2D eigenvalue weighted by Crippen LogP contribution is 2.46. The zero-order valence-corrected chi connectivity index (χ0v) is 10.9. The Morgan fingerprint density at radius 1 is 1.50 bits per heavy atom. The molecule has 0 saturated heterocycles. The number of H-pyrrole nitrogens is 1. The van der Waals surface area contributed by atoms with Gasteiger partial charge >= 0.3 is 0 Å². The number of carbonyl (C=O) groups is 1. The van der Waals surface area contributed by atoms with E-state index in [0.29, 0.717) is 6.54 Å². The molecule has 3 rings (SSSR count). The zero-order chi connectivity index (χ0) is 14.0. The van der Waals surface area contributed by atoms with Gasteiger partial charge in [-0.05, 0) is 12.8 Å². The van der Waals surface area contributed by atoms with E-state index in [4.69, 9.17) is 0 Å². The third-order valence-corrected chi connectivity index (χ3v) is 3.56. The number of nitrogens with zero attached hydrogens (tertiary/aromatic N) is 3. The van der Waals surface area contributed by atoms with Crippen LogP contribution >= 0.6 is 0 Å². The van der Waals surface area contributed by atoms with Gasteiger partial charge in [-0.15, -0.1) is 0 Å². The molecular formula is C13H15N5O2. The summed E-state index contributed by atoms with van der Waals surface area (Å²) in [5.41, 5.74) is 0.0294. The van der Waals surface area contributed by atoms with Crippen LogP contribution in [-0.4, -0.2) is 32.0 Å². The van der Waals surface area contributed by atoms with Crippen molar-refractivity contribution in [2.45, 2.75) is 19.4 Å². The molecule has 7 heteroatoms. The molecule has 7 nitrogen and oxygen atoms in total. The number of nitrogens with one attached hydrogen (secondary N) is 2. The van der Waals surface area contributed by atoms with Crippen LogP contribution in [0.15, 0.2) is 35.9 Å². The molecular weight excluding hydrogens is 258 g/mol. The average molecular weight is 273 g/mol. The summed E-state index contributed by atoms with van der Waals surface area (Å²) < 4.78 is 2.03. The molecule has 2 aromatic rings. The van der Waals surface area contributed by atoms with E-state index in [9.17, 15) is 9.59 Å². The molecule has 1 aliphatic rings. The summed E-state index contributed by atoms with van der Waals surface area (Å²) in [5.74, 6) is -0.266. The number of aromatic nitrogens is 4. The van der Waals surface area contributed by atoms with Gasteiger partial charge < -0.3 is 14.9 Å². The van der Waals surface area contributed by atoms with Gasteiger partial charge in [0.15, 0.2) is 0 Å². The average Bonchev–Trinajstić information content (AvgIpc) is 3.01. The first-order chi connectivity index (χ1) is 9.67. The third kappa shape index (κ3) is 2.76. The first-order valence-electron chi connectivity index (χ1n) is 6.46. The van der Waals surface area contributed by atoms with E-state index < -0.39 is 0 Å². The van der Waals surface area contributed by atoms with Crippen molar-refractivity contribution >= 4 is 5.91 Å². The maximum Gasteiger partial charge on any atom is 0.271 e. The molecule has 1 fully saturated rings. The quantitative estimate of drug-likeness (QED) is 0.812. The third-order valence-electron chi connectivity index (χ3n) is 3.56. The van der Waals surface area contributed by atoms with Crippen molar-refractivity contribution in [1.82, 2.24) is 24.8 Å². The lowest BCUT2D eigenvalue weighted by atomic mass is 10.1. The number of amides is 1. The van der Waals surface area contributed by atoms with Gasteiger partial charge in [-0.25, -0.2) is 9.97 Å². The zero-order valence-electron chi connectivity index (χ0n) is 10.9. The van der Waals surface area contributed by atoms with E-state index in [1.807, 2.05) is 10.8 Å². The Kier molecular flexibility index (Phi) is 3.09. The summed E-state index contributed by atoms with van der Waals surface area (Å²) in [4.78, 5) is 33.1. The van der Waals surface area contributed by atoms with Crippen LogP contribution in [0.4, 0.5) is 0 Å². The fourth-order valence-electron chi connectivity index (χ4n) is 2.16. The molecule has 0 aliphatic heterocycles. The van der Waals surface area contributed by atoms with Crippen LogP contribution in [0.2, 0.25) is 0 Å². The maximum absolute atomic E-state index is 11.9. The van der Waals surface area contributed by atoms with Crippen LogP contribution in [0.3, 0.4) is 0 Å². The van der Waals surface area contributed by atoms with E-state index in [-0.39, 0.29) is 22.6 Å². The second kappa shape index (κ2) is 4.92. The highest BCUT2D eigenvalue weighted by Gasteiger charge is 2.43. The molecule has 2 aromatic heterocycles. The molecule has 1 saturated carbocycles. The number of hydrogen-bond donors (Lipinski definition) is 2. The SMILES string of the molecule is O=C(NCC1(Cn2ccnc2)CC1)c1c[nH]c(=O)cn1. The fraction of sp³-hybridized carbons (Fsp3) is 0.385. The van der Waals surface area contributed by atoms with E-state index in [1.54, 1.807) is 12.5 Å². The van der Waals surface area contributed by atoms with E-state index in [0.717, 1.165) is 25.6 Å². The van der Waals surface area contributed by atoms with Crippen LogP contribution in [0.1, 0.15) is 23.3 Å². The van der Waals surface area contributed by atoms with Gasteiger partial charge in [0.05, 0.1) is 12.5 Å². The lowest BCUT2D eigenvalue weighted by molar-refractivity contribution is 0.0937. The first kappa shape index (κ1) is 12.6. The van der Waals surface area contributed by atoms with Gasteiger partial charge in [0.2, 0.25) is 0 Å². The summed E-state index contributed by atoms with van der Waals surface area (Å²) in [7, 11) is 0. The van der Waals surface area contributed by atoms with Crippen molar-refractivity contribution in [2.75, 3.05) is 6.54 Å². The Balaban J connectivity index is 1.58. The molecule has 0 spiro atoms. The second-order valence-corrected chi connectivity index (χ2v) is 5.21. The molecule has 2 N–H and O–H groups in total. The number of hydrogen-bond acceptors (Lipinski definition) is 4. The summed E-state index contributed by atoms with van der Waals surface area (Å²) in [5, 5.41) is 2.88. The van der Waals surface area contributed by atoms with E-state index in [1.165, 1.54) is 6.20 Å². The normalized spacial score (nSPS) is 15.8. The van der Waals surface area contributed by atoms with Crippen LogP contribution in [-0.2, 0) is 6.54 Å². The van der Waals surface area contributed by atoms with Crippen molar-refractivity contribution in [3.8, 4) is 0 Å². The highest BCUT2D eigenvalue weighted by molar-refractivity contribution is 5.91. The molecule has 2 heterocycles. The van der Waals surface area contributed by atoms with Crippen LogP contribution < -0.4 is 10.9 Å². The summed E-state index contributed by atoms with van der Waals surface area (Å²) >= 11 is 0. The topological polar surface area (TPSA) is 92.7 Å². The number of carbonyl (C=O) groups excluding carboxylic acids is 1. The Bertz CT molecular complexity index is 637. The fourth-order valence-corrected chi connectivity index (χ4v) is 2.16. The minimum atomic E-state index is -0.319. The molecule has 0 radical (unpaired) electrons. The Hall–Kier alpha value is -2.44. The molecule has 0 unspecified atom stereocenters. The minimum Gasteiger partial charge on any atom is -0.350 e. The number of imidazole rings is 1. The first-order valence-corrected chi connectivity index (χ1v) is 6.46. The maximum atomic E-state index is 11.9. The molecule has 0 aromatic carbocycles. The van der Waals surface area contributed by atoms with Crippen LogP contribution in [0.25, 0.3) is 0 Å². The molecule has 1 aliphatic carbocycles. The van der Waals surface area contributed by atoms with Crippen molar-refractivity contribution in [1.29, 1.82) is 0 Å². The van der Waals surface area contributed by atoms with Gasteiger partial charge in [-0.3, -0.25) is 9.59 Å². The van der Waals surface area contributed by atoms with Gasteiger partial charge in [-0.2, -0.15) is 0 Å². The van der Waals surface area contributed by atoms with Crippen LogP contribution in [0, 0.1) is 5.41 Å². The lowest BCUT2D eigenvalue weighted by Crippen LogP contribution is -2.33. The molecule has 0 bridgehead atoms. The van der Waals surface area contributed by atoms with E-state index >= 15 is 0 Å². The largest absolute Gasteiger partial charge is 0.350 e. The van der Waals surface area contributed by atoms with Gasteiger partial charge in [0, 0.05) is 37.1 Å². The monoisotopic (exact) mass is 273 g/mol. The summed E-state index contributed by atoms with van der Waals surface area (Å²) in [6, 6.07) is 0. The second-order valence-electron chi connectivity index (χ2n) is 5.21. The smallest absolute Gasteiger partial charge is 0.271 e. The summed E-state index contributed by atoms with van der Waals surface area (Å²) in [6.45, 7) is 1.46. The highest BCUT2D eigenvalue weighted by atomic mass is 16.2. The van der Waals surface area contributed by atoms with Crippen LogP contribution in [0.5, 0.6) is 0 Å². The van der Waals surface area contributed by atoms with Crippen molar-refractivity contribution in [3.05, 3.63) is 47.2 Å². The van der Waals surface area contributed by atoms with Crippen molar-refractivity contribution in [3.63, 3.8) is 0 Å². The van der Waals surface area contributed by atoms with Gasteiger partial charge in [-0.1, -0.05) is 0 Å². The van der Waals surface area contributed by atoms with E-state index in [2.05, 4.69) is 20.3 Å². The Labute approximate surface area is 115 Å². The Morgan fingerprint density at radius 2 is 2.35 bits per heavy atom. The number of aromatic amines is 1. The minimum absolute atomic E-state index is 0.124.